The summed E-state index contributed by atoms with van der Waals surface area (Å²) in [4.78, 5) is 25.2. The number of rotatable bonds is 2. The molecule has 3 N–H and O–H groups in total. The van der Waals surface area contributed by atoms with Crippen molar-refractivity contribution >= 4 is 17.6 Å². The largest absolute Gasteiger partial charge is 0.351 e. The number of nitrogens with zero attached hydrogens (tertiary/aromatic N) is 1. The number of benzene rings is 2. The van der Waals surface area contributed by atoms with E-state index < -0.39 is 6.03 Å². The van der Waals surface area contributed by atoms with Crippen LogP contribution in [0.1, 0.15) is 21.5 Å². The third kappa shape index (κ3) is 2.93. The van der Waals surface area contributed by atoms with Gasteiger partial charge in [0.1, 0.15) is 0 Å². The molecule has 3 amide bonds. The molecule has 0 spiro atoms. The van der Waals surface area contributed by atoms with Crippen molar-refractivity contribution in [3.8, 4) is 0 Å². The molecule has 1 aliphatic heterocycles. The van der Waals surface area contributed by atoms with E-state index in [0.29, 0.717) is 17.8 Å². The minimum absolute atomic E-state index is 0.000119. The summed E-state index contributed by atoms with van der Waals surface area (Å²) in [6, 6.07) is 14.3. The highest BCUT2D eigenvalue weighted by atomic mass is 16.2. The molecular weight excluding hydrogens is 278 g/mol. The lowest BCUT2D eigenvalue weighted by Crippen LogP contribution is -2.35. The molecule has 22 heavy (non-hydrogen) atoms. The van der Waals surface area contributed by atoms with Crippen LogP contribution in [0.15, 0.2) is 48.5 Å². The van der Waals surface area contributed by atoms with Crippen LogP contribution < -0.4 is 11.1 Å². The molecular formula is C17H17N3O2. The fraction of sp³-hybridized carbons (Fsp3) is 0.176. The van der Waals surface area contributed by atoms with E-state index in [1.54, 1.807) is 24.3 Å². The highest BCUT2D eigenvalue weighted by molar-refractivity contribution is 5.95. The number of carbonyl (C=O) groups excluding carboxylic acids is 2. The summed E-state index contributed by atoms with van der Waals surface area (Å²) in [6.45, 7) is 1.35. The normalized spacial score (nSPS) is 13.4. The summed E-state index contributed by atoms with van der Waals surface area (Å²) in [5.41, 5.74) is 8.76. The number of primary amides is 1. The number of anilines is 1. The molecule has 2 aromatic carbocycles. The molecule has 112 valence electrons. The number of nitrogens with one attached hydrogen (secondary N) is 1. The summed E-state index contributed by atoms with van der Waals surface area (Å²) in [5.74, 6) is 0.000119. The van der Waals surface area contributed by atoms with E-state index in [1.807, 2.05) is 17.0 Å². The zero-order chi connectivity index (χ0) is 15.5. The van der Waals surface area contributed by atoms with Gasteiger partial charge in [0.2, 0.25) is 0 Å². The summed E-state index contributed by atoms with van der Waals surface area (Å²) in [6.07, 6.45) is 0.878. The monoisotopic (exact) mass is 295 g/mol. The fourth-order valence-corrected chi connectivity index (χ4v) is 2.69. The van der Waals surface area contributed by atoms with Crippen molar-refractivity contribution in [2.75, 3.05) is 11.9 Å². The third-order valence-electron chi connectivity index (χ3n) is 3.82. The quantitative estimate of drug-likeness (QED) is 0.892. The Morgan fingerprint density at radius 3 is 2.36 bits per heavy atom. The minimum atomic E-state index is -0.619. The lowest BCUT2D eigenvalue weighted by Gasteiger charge is -2.29. The Morgan fingerprint density at radius 1 is 1.00 bits per heavy atom. The second-order valence-electron chi connectivity index (χ2n) is 5.31. The first-order valence-corrected chi connectivity index (χ1v) is 7.16. The zero-order valence-corrected chi connectivity index (χ0v) is 12.1. The molecule has 5 heteroatoms. The third-order valence-corrected chi connectivity index (χ3v) is 3.82. The first-order valence-electron chi connectivity index (χ1n) is 7.16. The highest BCUT2D eigenvalue weighted by Crippen LogP contribution is 2.20. The lowest BCUT2D eigenvalue weighted by molar-refractivity contribution is 0.0734. The van der Waals surface area contributed by atoms with Gasteiger partial charge in [0.15, 0.2) is 0 Å². The average Bonchev–Trinajstić information content (AvgIpc) is 2.54. The van der Waals surface area contributed by atoms with Gasteiger partial charge in [-0.05, 0) is 41.8 Å². The Bertz CT molecular complexity index is 710. The molecule has 1 heterocycles. The van der Waals surface area contributed by atoms with E-state index in [9.17, 15) is 9.59 Å². The van der Waals surface area contributed by atoms with Gasteiger partial charge in [0, 0.05) is 24.3 Å². The van der Waals surface area contributed by atoms with Gasteiger partial charge >= 0.3 is 6.03 Å². The molecule has 2 aromatic rings. The second-order valence-corrected chi connectivity index (χ2v) is 5.31. The van der Waals surface area contributed by atoms with Crippen molar-refractivity contribution in [2.24, 2.45) is 5.73 Å². The number of urea groups is 1. The summed E-state index contributed by atoms with van der Waals surface area (Å²) < 4.78 is 0. The van der Waals surface area contributed by atoms with Crippen LogP contribution in [0.3, 0.4) is 0 Å². The molecule has 0 aromatic heterocycles. The number of hydrogen-bond acceptors (Lipinski definition) is 2. The molecule has 3 rings (SSSR count). The SMILES string of the molecule is NC(=O)Nc1ccc(C(=O)N2CCc3ccccc3C2)cc1. The maximum atomic E-state index is 12.6. The van der Waals surface area contributed by atoms with Crippen LogP contribution in [0.4, 0.5) is 10.5 Å². The van der Waals surface area contributed by atoms with Crippen LogP contribution in [0, 0.1) is 0 Å². The van der Waals surface area contributed by atoms with Crippen molar-refractivity contribution in [1.82, 2.24) is 4.90 Å². The lowest BCUT2D eigenvalue weighted by atomic mass is 9.99. The Morgan fingerprint density at radius 2 is 1.68 bits per heavy atom. The van der Waals surface area contributed by atoms with Crippen LogP contribution in [0.25, 0.3) is 0 Å². The van der Waals surface area contributed by atoms with Crippen LogP contribution >= 0.6 is 0 Å². The molecule has 0 aliphatic carbocycles. The molecule has 0 unspecified atom stereocenters. The molecule has 5 nitrogen and oxygen atoms in total. The summed E-state index contributed by atoms with van der Waals surface area (Å²) in [5, 5.41) is 2.48. The number of amides is 3. The van der Waals surface area contributed by atoms with E-state index in [-0.39, 0.29) is 5.91 Å². The summed E-state index contributed by atoms with van der Waals surface area (Å²) in [7, 11) is 0. The van der Waals surface area contributed by atoms with Gasteiger partial charge in [-0.3, -0.25) is 4.79 Å². The molecule has 0 saturated heterocycles. The van der Waals surface area contributed by atoms with Crippen molar-refractivity contribution in [3.63, 3.8) is 0 Å². The van der Waals surface area contributed by atoms with E-state index in [4.69, 9.17) is 5.73 Å². The van der Waals surface area contributed by atoms with Crippen molar-refractivity contribution < 1.29 is 9.59 Å². The van der Waals surface area contributed by atoms with Gasteiger partial charge < -0.3 is 16.0 Å². The maximum absolute atomic E-state index is 12.6. The van der Waals surface area contributed by atoms with Gasteiger partial charge in [-0.2, -0.15) is 0 Å². The predicted octanol–water partition coefficient (Wildman–Crippen LogP) is 2.38. The van der Waals surface area contributed by atoms with Gasteiger partial charge in [-0.15, -0.1) is 0 Å². The second kappa shape index (κ2) is 5.89. The van der Waals surface area contributed by atoms with Gasteiger partial charge in [0.05, 0.1) is 0 Å². The maximum Gasteiger partial charge on any atom is 0.316 e. The number of hydrogen-bond donors (Lipinski definition) is 2. The summed E-state index contributed by atoms with van der Waals surface area (Å²) >= 11 is 0. The van der Waals surface area contributed by atoms with Crippen LogP contribution in [-0.2, 0) is 13.0 Å². The number of nitrogens with two attached hydrogens (primary N) is 1. The van der Waals surface area contributed by atoms with E-state index in [2.05, 4.69) is 17.4 Å². The Kier molecular flexibility index (Phi) is 3.78. The number of carbonyl (C=O) groups is 2. The average molecular weight is 295 g/mol. The van der Waals surface area contributed by atoms with Crippen LogP contribution in [0.5, 0.6) is 0 Å². The van der Waals surface area contributed by atoms with Crippen molar-refractivity contribution in [3.05, 3.63) is 65.2 Å². The van der Waals surface area contributed by atoms with E-state index >= 15 is 0 Å². The van der Waals surface area contributed by atoms with E-state index in [0.717, 1.165) is 13.0 Å². The van der Waals surface area contributed by atoms with Gasteiger partial charge in [-0.25, -0.2) is 4.79 Å². The number of fused-ring (bicyclic) bond motifs is 1. The zero-order valence-electron chi connectivity index (χ0n) is 12.1. The Labute approximate surface area is 128 Å². The van der Waals surface area contributed by atoms with Crippen LogP contribution in [0.2, 0.25) is 0 Å². The fourth-order valence-electron chi connectivity index (χ4n) is 2.69. The molecule has 0 saturated carbocycles. The first-order chi connectivity index (χ1) is 10.6. The smallest absolute Gasteiger partial charge is 0.316 e. The van der Waals surface area contributed by atoms with Gasteiger partial charge in [-0.1, -0.05) is 24.3 Å². The van der Waals surface area contributed by atoms with E-state index in [1.165, 1.54) is 11.1 Å². The van der Waals surface area contributed by atoms with Crippen molar-refractivity contribution in [1.29, 1.82) is 0 Å². The molecule has 0 radical (unpaired) electrons. The molecule has 0 bridgehead atoms. The predicted molar refractivity (Wildman–Crippen MR) is 84.5 cm³/mol. The Balaban J connectivity index is 1.73. The highest BCUT2D eigenvalue weighted by Gasteiger charge is 2.21. The molecule has 0 fully saturated rings. The van der Waals surface area contributed by atoms with Crippen molar-refractivity contribution in [2.45, 2.75) is 13.0 Å². The molecule has 0 atom stereocenters. The Hall–Kier alpha value is -2.82. The molecule has 1 aliphatic rings. The first kappa shape index (κ1) is 14.1. The van der Waals surface area contributed by atoms with Crippen LogP contribution in [-0.4, -0.2) is 23.4 Å². The van der Waals surface area contributed by atoms with Gasteiger partial charge in [0.25, 0.3) is 5.91 Å². The minimum Gasteiger partial charge on any atom is -0.351 e. The standard InChI is InChI=1S/C17H17N3O2/c18-17(22)19-15-7-5-13(6-8-15)16(21)20-10-9-12-3-1-2-4-14(12)11-20/h1-8H,9-11H2,(H3,18,19,22). The topological polar surface area (TPSA) is 75.4 Å².